The van der Waals surface area contributed by atoms with E-state index < -0.39 is 5.25 Å². The number of ether oxygens (including phenoxy) is 1. The number of aliphatic imine (C=N–C) groups is 1. The van der Waals surface area contributed by atoms with Crippen molar-refractivity contribution in [3.63, 3.8) is 0 Å². The van der Waals surface area contributed by atoms with Gasteiger partial charge in [0.1, 0.15) is 11.0 Å². The first-order chi connectivity index (χ1) is 16.4. The Balaban J connectivity index is 1.59. The number of benzene rings is 3. The molecule has 9 heteroatoms. The molecular formula is C25H21Cl2N3O3S. The van der Waals surface area contributed by atoms with Crippen molar-refractivity contribution < 1.29 is 14.3 Å². The molecule has 174 valence electrons. The SMILES string of the molecule is COc1ccc(N=C2SC(C(=O)Nc3ccc(Cl)cc3)CC(=O)N2Cc2ccc(Cl)cc2)cc1. The Morgan fingerprint density at radius 1 is 1.03 bits per heavy atom. The number of hydrogen-bond acceptors (Lipinski definition) is 5. The summed E-state index contributed by atoms with van der Waals surface area (Å²) in [4.78, 5) is 32.4. The molecule has 1 fully saturated rings. The Hall–Kier alpha value is -3.00. The lowest BCUT2D eigenvalue weighted by Crippen LogP contribution is -2.44. The van der Waals surface area contributed by atoms with Crippen LogP contribution in [0, 0.1) is 0 Å². The van der Waals surface area contributed by atoms with Crippen molar-refractivity contribution in [1.29, 1.82) is 0 Å². The van der Waals surface area contributed by atoms with Gasteiger partial charge in [0.05, 0.1) is 19.3 Å². The maximum absolute atomic E-state index is 13.2. The molecular weight excluding hydrogens is 493 g/mol. The molecule has 1 unspecified atom stereocenters. The van der Waals surface area contributed by atoms with Crippen LogP contribution in [0.5, 0.6) is 5.75 Å². The average Bonchev–Trinajstić information content (AvgIpc) is 2.84. The van der Waals surface area contributed by atoms with Crippen LogP contribution in [0.15, 0.2) is 77.8 Å². The second kappa shape index (κ2) is 11.0. The highest BCUT2D eigenvalue weighted by atomic mass is 35.5. The van der Waals surface area contributed by atoms with Crippen molar-refractivity contribution in [2.45, 2.75) is 18.2 Å². The molecule has 4 rings (SSSR count). The quantitative estimate of drug-likeness (QED) is 0.428. The maximum Gasteiger partial charge on any atom is 0.238 e. The molecule has 1 aliphatic rings. The number of thioether (sulfide) groups is 1. The zero-order valence-corrected chi connectivity index (χ0v) is 20.5. The van der Waals surface area contributed by atoms with Gasteiger partial charge in [-0.1, -0.05) is 47.1 Å². The van der Waals surface area contributed by atoms with E-state index in [4.69, 9.17) is 32.9 Å². The van der Waals surface area contributed by atoms with Crippen LogP contribution < -0.4 is 10.1 Å². The summed E-state index contributed by atoms with van der Waals surface area (Å²) in [6.45, 7) is 0.323. The van der Waals surface area contributed by atoms with E-state index in [1.807, 2.05) is 12.1 Å². The van der Waals surface area contributed by atoms with Gasteiger partial charge >= 0.3 is 0 Å². The van der Waals surface area contributed by atoms with Gasteiger partial charge in [0.25, 0.3) is 0 Å². The van der Waals surface area contributed by atoms with Crippen LogP contribution in [-0.4, -0.2) is 34.2 Å². The van der Waals surface area contributed by atoms with Crippen LogP contribution in [-0.2, 0) is 16.1 Å². The number of amides is 2. The number of nitrogens with one attached hydrogen (secondary N) is 1. The average molecular weight is 514 g/mol. The highest BCUT2D eigenvalue weighted by Crippen LogP contribution is 2.31. The maximum atomic E-state index is 13.2. The number of methoxy groups -OCH3 is 1. The molecule has 0 aliphatic carbocycles. The number of rotatable bonds is 6. The summed E-state index contributed by atoms with van der Waals surface area (Å²) in [5.41, 5.74) is 2.17. The second-order valence-corrected chi connectivity index (χ2v) is 9.55. The third kappa shape index (κ3) is 6.11. The fourth-order valence-corrected chi connectivity index (χ4v) is 4.64. The Morgan fingerprint density at radius 2 is 1.65 bits per heavy atom. The van der Waals surface area contributed by atoms with E-state index in [2.05, 4.69) is 5.32 Å². The van der Waals surface area contributed by atoms with Gasteiger partial charge in [-0.25, -0.2) is 4.99 Å². The van der Waals surface area contributed by atoms with Crippen molar-refractivity contribution >= 4 is 63.3 Å². The summed E-state index contributed by atoms with van der Waals surface area (Å²) in [7, 11) is 1.59. The van der Waals surface area contributed by atoms with E-state index in [0.717, 1.165) is 5.56 Å². The predicted octanol–water partition coefficient (Wildman–Crippen LogP) is 6.16. The first kappa shape index (κ1) is 24.1. The molecule has 0 bridgehead atoms. The molecule has 0 aromatic heterocycles. The third-order valence-corrected chi connectivity index (χ3v) is 6.79. The van der Waals surface area contributed by atoms with Crippen molar-refractivity contribution in [2.75, 3.05) is 12.4 Å². The van der Waals surface area contributed by atoms with E-state index in [-0.39, 0.29) is 18.2 Å². The minimum absolute atomic E-state index is 0.0549. The lowest BCUT2D eigenvalue weighted by molar-refractivity contribution is -0.129. The molecule has 1 saturated heterocycles. The van der Waals surface area contributed by atoms with E-state index in [1.54, 1.807) is 72.7 Å². The first-order valence-electron chi connectivity index (χ1n) is 10.4. The number of nitrogens with zero attached hydrogens (tertiary/aromatic N) is 2. The third-order valence-electron chi connectivity index (χ3n) is 5.09. The summed E-state index contributed by atoms with van der Waals surface area (Å²) in [6, 6.07) is 21.3. The zero-order chi connectivity index (χ0) is 24.1. The molecule has 1 N–H and O–H groups in total. The lowest BCUT2D eigenvalue weighted by atomic mass is 10.2. The minimum atomic E-state index is -0.623. The topological polar surface area (TPSA) is 71.0 Å². The molecule has 1 aliphatic heterocycles. The summed E-state index contributed by atoms with van der Waals surface area (Å²) >= 11 is 13.2. The molecule has 6 nitrogen and oxygen atoms in total. The van der Waals surface area contributed by atoms with Crippen molar-refractivity contribution in [1.82, 2.24) is 4.90 Å². The first-order valence-corrected chi connectivity index (χ1v) is 12.1. The molecule has 2 amide bonds. The van der Waals surface area contributed by atoms with Crippen LogP contribution in [0.4, 0.5) is 11.4 Å². The van der Waals surface area contributed by atoms with E-state index >= 15 is 0 Å². The molecule has 3 aromatic carbocycles. The van der Waals surface area contributed by atoms with Crippen molar-refractivity contribution in [2.24, 2.45) is 4.99 Å². The Morgan fingerprint density at radius 3 is 2.26 bits per heavy atom. The van der Waals surface area contributed by atoms with Crippen LogP contribution >= 0.6 is 35.0 Å². The van der Waals surface area contributed by atoms with Gasteiger partial charge in [-0.3, -0.25) is 14.5 Å². The molecule has 0 radical (unpaired) electrons. The number of anilines is 1. The van der Waals surface area contributed by atoms with E-state index in [0.29, 0.717) is 38.9 Å². The van der Waals surface area contributed by atoms with Gasteiger partial charge in [-0.2, -0.15) is 0 Å². The van der Waals surface area contributed by atoms with Crippen LogP contribution in [0.2, 0.25) is 10.0 Å². The largest absolute Gasteiger partial charge is 0.497 e. The lowest BCUT2D eigenvalue weighted by Gasteiger charge is -2.32. The molecule has 1 atom stereocenters. The highest BCUT2D eigenvalue weighted by Gasteiger charge is 2.36. The number of carbonyl (C=O) groups is 2. The Labute approximate surface area is 211 Å². The monoisotopic (exact) mass is 513 g/mol. The molecule has 1 heterocycles. The van der Waals surface area contributed by atoms with Gasteiger partial charge in [0.2, 0.25) is 11.8 Å². The summed E-state index contributed by atoms with van der Waals surface area (Å²) in [6.07, 6.45) is 0.0549. The Kier molecular flexibility index (Phi) is 7.77. The second-order valence-electron chi connectivity index (χ2n) is 7.51. The summed E-state index contributed by atoms with van der Waals surface area (Å²) in [5, 5.41) is 3.88. The van der Waals surface area contributed by atoms with E-state index in [1.165, 1.54) is 11.8 Å². The van der Waals surface area contributed by atoms with Gasteiger partial charge in [0.15, 0.2) is 5.17 Å². The van der Waals surface area contributed by atoms with Crippen LogP contribution in [0.1, 0.15) is 12.0 Å². The fourth-order valence-electron chi connectivity index (χ4n) is 3.29. The molecule has 34 heavy (non-hydrogen) atoms. The number of amidine groups is 1. The van der Waals surface area contributed by atoms with E-state index in [9.17, 15) is 9.59 Å². The fraction of sp³-hybridized carbons (Fsp3) is 0.160. The standard InChI is InChI=1S/C25H21Cl2N3O3S/c1-33-21-12-10-20(11-13-21)29-25-30(15-16-2-4-17(26)5-3-16)23(31)14-22(34-25)24(32)28-19-8-6-18(27)7-9-19/h2-13,22H,14-15H2,1H3,(H,28,32). The summed E-state index contributed by atoms with van der Waals surface area (Å²) < 4.78 is 5.21. The van der Waals surface area contributed by atoms with Gasteiger partial charge in [-0.05, 0) is 66.2 Å². The molecule has 0 saturated carbocycles. The zero-order valence-electron chi connectivity index (χ0n) is 18.2. The Bertz CT molecular complexity index is 1200. The van der Waals surface area contributed by atoms with Gasteiger partial charge in [0, 0.05) is 22.2 Å². The van der Waals surface area contributed by atoms with Gasteiger partial charge in [-0.15, -0.1) is 0 Å². The number of hydrogen-bond donors (Lipinski definition) is 1. The normalized spacial score (nSPS) is 17.0. The highest BCUT2D eigenvalue weighted by molar-refractivity contribution is 8.15. The number of halogens is 2. The smallest absolute Gasteiger partial charge is 0.238 e. The molecule has 0 spiro atoms. The molecule has 3 aromatic rings. The van der Waals surface area contributed by atoms with Crippen molar-refractivity contribution in [3.8, 4) is 5.75 Å². The summed E-state index contributed by atoms with van der Waals surface area (Å²) in [5.74, 6) is 0.251. The van der Waals surface area contributed by atoms with Crippen LogP contribution in [0.3, 0.4) is 0 Å². The van der Waals surface area contributed by atoms with Crippen molar-refractivity contribution in [3.05, 3.63) is 88.4 Å². The predicted molar refractivity (Wildman–Crippen MR) is 138 cm³/mol. The van der Waals surface area contributed by atoms with Gasteiger partial charge < -0.3 is 10.1 Å². The minimum Gasteiger partial charge on any atom is -0.497 e. The number of carbonyl (C=O) groups excluding carboxylic acids is 2. The van der Waals surface area contributed by atoms with Crippen LogP contribution in [0.25, 0.3) is 0 Å².